The minimum Gasteiger partial charge on any atom is -0.506 e. The fourth-order valence-electron chi connectivity index (χ4n) is 2.21. The van der Waals surface area contributed by atoms with Gasteiger partial charge in [-0.3, -0.25) is 4.79 Å². The molecule has 0 bridgehead atoms. The number of carbonyl (C=O) groups is 1. The molecule has 3 rings (SSSR count). The number of carbonyl (C=O) groups excluding carboxylic acids is 1. The maximum atomic E-state index is 12.6. The second kappa shape index (κ2) is 6.55. The van der Waals surface area contributed by atoms with Crippen molar-refractivity contribution >= 4 is 29.0 Å². The Bertz CT molecular complexity index is 905. The molecule has 7 heteroatoms. The summed E-state index contributed by atoms with van der Waals surface area (Å²) in [5.41, 5.74) is 1.10. The van der Waals surface area contributed by atoms with Gasteiger partial charge in [0.15, 0.2) is 5.78 Å². The maximum Gasteiger partial charge on any atom is 0.200 e. The van der Waals surface area contributed by atoms with Gasteiger partial charge in [-0.25, -0.2) is 4.68 Å². The molecule has 0 spiro atoms. The number of methoxy groups -OCH3 is 1. The molecule has 1 heterocycles. The fraction of sp³-hybridized carbons (Fsp3) is 0.0588. The van der Waals surface area contributed by atoms with E-state index in [1.807, 2.05) is 12.1 Å². The summed E-state index contributed by atoms with van der Waals surface area (Å²) in [6.07, 6.45) is 2.99. The molecule has 0 amide bonds. The van der Waals surface area contributed by atoms with E-state index in [2.05, 4.69) is 5.10 Å². The van der Waals surface area contributed by atoms with E-state index in [0.717, 1.165) is 11.4 Å². The lowest BCUT2D eigenvalue weighted by Crippen LogP contribution is -2.01. The third-order valence-corrected chi connectivity index (χ3v) is 3.96. The van der Waals surface area contributed by atoms with Crippen molar-refractivity contribution in [1.82, 2.24) is 9.78 Å². The maximum absolute atomic E-state index is 12.6. The first-order chi connectivity index (χ1) is 11.5. The van der Waals surface area contributed by atoms with Crippen LogP contribution >= 0.6 is 23.2 Å². The summed E-state index contributed by atoms with van der Waals surface area (Å²) in [7, 11) is 1.59. The summed E-state index contributed by atoms with van der Waals surface area (Å²) in [6, 6.07) is 9.95. The van der Waals surface area contributed by atoms with Crippen LogP contribution in [0.15, 0.2) is 48.8 Å². The van der Waals surface area contributed by atoms with Gasteiger partial charge in [-0.2, -0.15) is 5.10 Å². The van der Waals surface area contributed by atoms with Crippen LogP contribution in [0, 0.1) is 0 Å². The standard InChI is InChI=1S/C17H12Cl2N2O3/c1-24-13-4-2-12(3-5-13)21-9-10(8-20-21)16(22)14-6-11(18)7-15(19)17(14)23/h2-9,23H,1H3. The highest BCUT2D eigenvalue weighted by molar-refractivity contribution is 6.36. The normalized spacial score (nSPS) is 10.6. The molecule has 5 nitrogen and oxygen atoms in total. The Morgan fingerprint density at radius 1 is 1.21 bits per heavy atom. The largest absolute Gasteiger partial charge is 0.506 e. The predicted octanol–water partition coefficient (Wildman–Crippen LogP) is 4.12. The topological polar surface area (TPSA) is 64.3 Å². The SMILES string of the molecule is COc1ccc(-n2cc(C(=O)c3cc(Cl)cc(Cl)c3O)cn2)cc1. The zero-order valence-corrected chi connectivity index (χ0v) is 14.0. The number of phenolic OH excluding ortho intramolecular Hbond substituents is 1. The number of hydrogen-bond donors (Lipinski definition) is 1. The molecule has 122 valence electrons. The van der Waals surface area contributed by atoms with Gasteiger partial charge in [-0.15, -0.1) is 0 Å². The molecule has 0 saturated carbocycles. The number of rotatable bonds is 4. The van der Waals surface area contributed by atoms with Crippen LogP contribution in [0.2, 0.25) is 10.0 Å². The van der Waals surface area contributed by atoms with Gasteiger partial charge >= 0.3 is 0 Å². The molecule has 2 aromatic carbocycles. The van der Waals surface area contributed by atoms with Crippen molar-refractivity contribution in [2.24, 2.45) is 0 Å². The number of ketones is 1. The Morgan fingerprint density at radius 2 is 1.92 bits per heavy atom. The molecule has 0 radical (unpaired) electrons. The molecular formula is C17H12Cl2N2O3. The smallest absolute Gasteiger partial charge is 0.200 e. The van der Waals surface area contributed by atoms with Crippen molar-refractivity contribution in [2.45, 2.75) is 0 Å². The number of halogens is 2. The number of aromatic nitrogens is 2. The zero-order valence-electron chi connectivity index (χ0n) is 12.5. The van der Waals surface area contributed by atoms with E-state index in [-0.39, 0.29) is 21.4 Å². The number of phenols is 1. The van der Waals surface area contributed by atoms with Gasteiger partial charge in [0.25, 0.3) is 0 Å². The number of aromatic hydroxyl groups is 1. The average Bonchev–Trinajstić information content (AvgIpc) is 3.07. The lowest BCUT2D eigenvalue weighted by atomic mass is 10.1. The van der Waals surface area contributed by atoms with E-state index < -0.39 is 5.78 Å². The molecule has 0 unspecified atom stereocenters. The summed E-state index contributed by atoms with van der Waals surface area (Å²) in [5.74, 6) is 0.000577. The number of nitrogens with zero attached hydrogens (tertiary/aromatic N) is 2. The second-order valence-corrected chi connectivity index (χ2v) is 5.83. The summed E-state index contributed by atoms with van der Waals surface area (Å²) >= 11 is 11.8. The molecule has 1 N–H and O–H groups in total. The summed E-state index contributed by atoms with van der Waals surface area (Å²) in [5, 5.41) is 14.4. The molecule has 0 fully saturated rings. The molecule has 0 aliphatic carbocycles. The van der Waals surface area contributed by atoms with Crippen LogP contribution in [0.1, 0.15) is 15.9 Å². The quantitative estimate of drug-likeness (QED) is 0.708. The van der Waals surface area contributed by atoms with Crippen molar-refractivity contribution in [1.29, 1.82) is 0 Å². The van der Waals surface area contributed by atoms with Crippen LogP contribution in [-0.4, -0.2) is 27.8 Å². The lowest BCUT2D eigenvalue weighted by molar-refractivity contribution is 0.103. The third-order valence-electron chi connectivity index (χ3n) is 3.45. The molecule has 24 heavy (non-hydrogen) atoms. The first-order valence-electron chi connectivity index (χ1n) is 6.91. The van der Waals surface area contributed by atoms with Crippen LogP contribution < -0.4 is 4.74 Å². The zero-order chi connectivity index (χ0) is 17.3. The lowest BCUT2D eigenvalue weighted by Gasteiger charge is -2.05. The van der Waals surface area contributed by atoms with E-state index in [1.165, 1.54) is 18.3 Å². The van der Waals surface area contributed by atoms with Gasteiger partial charge < -0.3 is 9.84 Å². The highest BCUT2D eigenvalue weighted by atomic mass is 35.5. The summed E-state index contributed by atoms with van der Waals surface area (Å²) < 4.78 is 6.66. The van der Waals surface area contributed by atoms with Crippen LogP contribution in [0.5, 0.6) is 11.5 Å². The number of hydrogen-bond acceptors (Lipinski definition) is 4. The summed E-state index contributed by atoms with van der Waals surface area (Å²) in [6.45, 7) is 0. The molecular weight excluding hydrogens is 351 g/mol. The Labute approximate surface area is 148 Å². The monoisotopic (exact) mass is 362 g/mol. The van der Waals surface area contributed by atoms with Crippen molar-refractivity contribution in [3.8, 4) is 17.2 Å². The molecule has 0 atom stereocenters. The van der Waals surface area contributed by atoms with E-state index >= 15 is 0 Å². The van der Waals surface area contributed by atoms with E-state index in [9.17, 15) is 9.90 Å². The number of benzene rings is 2. The highest BCUT2D eigenvalue weighted by Gasteiger charge is 2.18. The predicted molar refractivity (Wildman–Crippen MR) is 91.7 cm³/mol. The molecule has 0 aliphatic heterocycles. The minimum atomic E-state index is -0.420. The van der Waals surface area contributed by atoms with Crippen LogP contribution in [0.4, 0.5) is 0 Å². The average molecular weight is 363 g/mol. The van der Waals surface area contributed by atoms with Crippen molar-refractivity contribution in [3.63, 3.8) is 0 Å². The van der Waals surface area contributed by atoms with Crippen LogP contribution in [0.25, 0.3) is 5.69 Å². The first-order valence-corrected chi connectivity index (χ1v) is 7.67. The molecule has 0 aliphatic rings. The highest BCUT2D eigenvalue weighted by Crippen LogP contribution is 2.32. The van der Waals surface area contributed by atoms with Crippen LogP contribution in [0.3, 0.4) is 0 Å². The first kappa shape index (κ1) is 16.4. The number of ether oxygens (including phenoxy) is 1. The Morgan fingerprint density at radius 3 is 2.58 bits per heavy atom. The Kier molecular flexibility index (Phi) is 4.46. The van der Waals surface area contributed by atoms with Crippen molar-refractivity contribution in [2.75, 3.05) is 7.11 Å². The second-order valence-electron chi connectivity index (χ2n) is 4.98. The minimum absolute atomic E-state index is 0.0217. The van der Waals surface area contributed by atoms with Gasteiger partial charge in [-0.1, -0.05) is 23.2 Å². The van der Waals surface area contributed by atoms with Gasteiger partial charge in [0, 0.05) is 11.2 Å². The molecule has 1 aromatic heterocycles. The van der Waals surface area contributed by atoms with Gasteiger partial charge in [0.1, 0.15) is 11.5 Å². The van der Waals surface area contributed by atoms with E-state index in [0.29, 0.717) is 5.56 Å². The fourth-order valence-corrected chi connectivity index (χ4v) is 2.70. The Hall–Kier alpha value is -2.50. The van der Waals surface area contributed by atoms with Crippen molar-refractivity contribution in [3.05, 3.63) is 70.0 Å². The van der Waals surface area contributed by atoms with Gasteiger partial charge in [0.2, 0.25) is 0 Å². The third kappa shape index (κ3) is 3.09. The molecule has 0 saturated heterocycles. The van der Waals surface area contributed by atoms with E-state index in [4.69, 9.17) is 27.9 Å². The van der Waals surface area contributed by atoms with Gasteiger partial charge in [0.05, 0.1) is 35.1 Å². The van der Waals surface area contributed by atoms with E-state index in [1.54, 1.807) is 30.1 Å². The molecule has 3 aromatic rings. The van der Waals surface area contributed by atoms with Crippen molar-refractivity contribution < 1.29 is 14.6 Å². The van der Waals surface area contributed by atoms with Crippen LogP contribution in [-0.2, 0) is 0 Å². The summed E-state index contributed by atoms with van der Waals surface area (Å²) in [4.78, 5) is 12.6. The Balaban J connectivity index is 1.94. The van der Waals surface area contributed by atoms with Gasteiger partial charge in [-0.05, 0) is 36.4 Å².